The van der Waals surface area contributed by atoms with Crippen LogP contribution in [0.15, 0.2) is 0 Å². The molecule has 12 heavy (non-hydrogen) atoms. The Kier molecular flexibility index (Phi) is 6.30. The maximum atomic E-state index is 5.07. The molecule has 0 saturated carbocycles. The van der Waals surface area contributed by atoms with Crippen molar-refractivity contribution in [1.29, 1.82) is 0 Å². The molecule has 0 amide bonds. The Bertz CT molecular complexity index is 52.8. The van der Waals surface area contributed by atoms with Crippen LogP contribution in [0.3, 0.4) is 0 Å². The van der Waals surface area contributed by atoms with Gasteiger partial charge >= 0.3 is 0 Å². The molecular formula is C10H21NO. The van der Waals surface area contributed by atoms with Crippen molar-refractivity contribution < 1.29 is 4.74 Å². The second-order valence-electron chi connectivity index (χ2n) is 3.48. The molecular weight excluding hydrogens is 150 g/mol. The average molecular weight is 171 g/mol. The zero-order valence-corrected chi connectivity index (χ0v) is 7.98. The molecule has 2 heteroatoms. The summed E-state index contributed by atoms with van der Waals surface area (Å²) in [5, 5.41) is 3.28. The van der Waals surface area contributed by atoms with E-state index in [-0.39, 0.29) is 0 Å². The van der Waals surface area contributed by atoms with Crippen molar-refractivity contribution in [2.45, 2.75) is 38.5 Å². The normalized spacial score (nSPS) is 24.0. The van der Waals surface area contributed by atoms with Gasteiger partial charge in [0.25, 0.3) is 0 Å². The van der Waals surface area contributed by atoms with Gasteiger partial charge in [-0.3, -0.25) is 0 Å². The van der Waals surface area contributed by atoms with E-state index in [1.54, 1.807) is 0 Å². The monoisotopic (exact) mass is 171 g/mol. The quantitative estimate of drug-likeness (QED) is 0.601. The number of piperidine rings is 1. The first kappa shape index (κ1) is 10.0. The predicted molar refractivity (Wildman–Crippen MR) is 51.4 cm³/mol. The van der Waals surface area contributed by atoms with Gasteiger partial charge in [0.15, 0.2) is 0 Å². The van der Waals surface area contributed by atoms with Crippen LogP contribution < -0.4 is 5.32 Å². The summed E-state index contributed by atoms with van der Waals surface area (Å²) < 4.78 is 5.07. The number of hydrogen-bond donors (Lipinski definition) is 1. The van der Waals surface area contributed by atoms with Crippen LogP contribution in [0.1, 0.15) is 38.5 Å². The maximum Gasteiger partial charge on any atom is 0.0466 e. The van der Waals surface area contributed by atoms with Crippen LogP contribution >= 0.6 is 0 Å². The number of hydrogen-bond acceptors (Lipinski definition) is 2. The van der Waals surface area contributed by atoms with Gasteiger partial charge in [0.05, 0.1) is 0 Å². The van der Waals surface area contributed by atoms with E-state index in [9.17, 15) is 0 Å². The lowest BCUT2D eigenvalue weighted by Gasteiger charge is -2.08. The molecule has 2 aliphatic heterocycles. The molecule has 0 bridgehead atoms. The zero-order chi connectivity index (χ0) is 8.49. The van der Waals surface area contributed by atoms with Gasteiger partial charge in [0.2, 0.25) is 0 Å². The molecule has 0 atom stereocenters. The van der Waals surface area contributed by atoms with Crippen molar-refractivity contribution in [2.75, 3.05) is 26.3 Å². The van der Waals surface area contributed by atoms with Gasteiger partial charge < -0.3 is 10.1 Å². The van der Waals surface area contributed by atoms with E-state index >= 15 is 0 Å². The van der Waals surface area contributed by atoms with Crippen molar-refractivity contribution in [3.63, 3.8) is 0 Å². The Balaban J connectivity index is 0.000000120. The largest absolute Gasteiger partial charge is 0.381 e. The lowest BCUT2D eigenvalue weighted by molar-refractivity contribution is 0.0968. The minimum Gasteiger partial charge on any atom is -0.381 e. The highest BCUT2D eigenvalue weighted by Gasteiger charge is 1.95. The fraction of sp³-hybridized carbons (Fsp3) is 1.00. The van der Waals surface area contributed by atoms with E-state index < -0.39 is 0 Å². The smallest absolute Gasteiger partial charge is 0.0466 e. The fourth-order valence-electron chi connectivity index (χ4n) is 1.49. The lowest BCUT2D eigenvalue weighted by atomic mass is 10.2. The molecule has 1 N–H and O–H groups in total. The molecule has 0 spiro atoms. The summed E-state index contributed by atoms with van der Waals surface area (Å²) in [7, 11) is 0. The number of ether oxygens (including phenoxy) is 1. The molecule has 72 valence electrons. The number of nitrogens with one attached hydrogen (secondary N) is 1. The van der Waals surface area contributed by atoms with Crippen molar-refractivity contribution in [2.24, 2.45) is 0 Å². The van der Waals surface area contributed by atoms with Gasteiger partial charge in [-0.25, -0.2) is 0 Å². The second-order valence-corrected chi connectivity index (χ2v) is 3.48. The first-order chi connectivity index (χ1) is 6.00. The summed E-state index contributed by atoms with van der Waals surface area (Å²) >= 11 is 0. The Hall–Kier alpha value is -0.0800. The van der Waals surface area contributed by atoms with Gasteiger partial charge in [-0.15, -0.1) is 0 Å². The highest BCUT2D eigenvalue weighted by Crippen LogP contribution is 2.02. The van der Waals surface area contributed by atoms with Crippen molar-refractivity contribution in [3.05, 3.63) is 0 Å². The fourth-order valence-corrected chi connectivity index (χ4v) is 1.49. The SMILES string of the molecule is C1CCNCC1.C1CCOCC1. The van der Waals surface area contributed by atoms with Crippen molar-refractivity contribution >= 4 is 0 Å². The third-order valence-corrected chi connectivity index (χ3v) is 2.28. The standard InChI is InChI=1S/C5H11N.C5H10O/c2*1-2-4-6-5-3-1/h6H,1-5H2;1-5H2. The summed E-state index contributed by atoms with van der Waals surface area (Å²) in [6, 6.07) is 0. The first-order valence-electron chi connectivity index (χ1n) is 5.28. The molecule has 0 aromatic carbocycles. The topological polar surface area (TPSA) is 21.3 Å². The highest BCUT2D eigenvalue weighted by atomic mass is 16.5. The molecule has 2 heterocycles. The lowest BCUT2D eigenvalue weighted by Crippen LogP contribution is -2.21. The van der Waals surface area contributed by atoms with E-state index in [2.05, 4.69) is 5.32 Å². The minimum atomic E-state index is 1.00. The van der Waals surface area contributed by atoms with Crippen LogP contribution in [-0.4, -0.2) is 26.3 Å². The molecule has 0 aromatic heterocycles. The molecule has 2 rings (SSSR count). The van der Waals surface area contributed by atoms with Crippen LogP contribution in [0.4, 0.5) is 0 Å². The van der Waals surface area contributed by atoms with Crippen LogP contribution in [0.25, 0.3) is 0 Å². The Morgan fingerprint density at radius 2 is 1.25 bits per heavy atom. The zero-order valence-electron chi connectivity index (χ0n) is 7.98. The molecule has 0 unspecified atom stereocenters. The Morgan fingerprint density at radius 1 is 0.667 bits per heavy atom. The molecule has 2 aliphatic rings. The number of rotatable bonds is 0. The Labute approximate surface area is 75.7 Å². The van der Waals surface area contributed by atoms with Crippen LogP contribution in [0, 0.1) is 0 Å². The van der Waals surface area contributed by atoms with Crippen LogP contribution in [0.2, 0.25) is 0 Å². The van der Waals surface area contributed by atoms with Gasteiger partial charge in [0, 0.05) is 13.2 Å². The summed E-state index contributed by atoms with van der Waals surface area (Å²) in [5.74, 6) is 0. The van der Waals surface area contributed by atoms with E-state index in [1.807, 2.05) is 0 Å². The van der Waals surface area contributed by atoms with Gasteiger partial charge in [-0.2, -0.15) is 0 Å². The van der Waals surface area contributed by atoms with Gasteiger partial charge in [-0.05, 0) is 45.2 Å². The predicted octanol–water partition coefficient (Wildman–Crippen LogP) is 1.95. The third-order valence-electron chi connectivity index (χ3n) is 2.28. The molecule has 0 aromatic rings. The second kappa shape index (κ2) is 7.56. The van der Waals surface area contributed by atoms with E-state index in [1.165, 1.54) is 51.6 Å². The summed E-state index contributed by atoms with van der Waals surface area (Å²) in [6.07, 6.45) is 8.15. The van der Waals surface area contributed by atoms with Crippen LogP contribution in [0.5, 0.6) is 0 Å². The molecule has 2 saturated heterocycles. The van der Waals surface area contributed by atoms with E-state index in [4.69, 9.17) is 4.74 Å². The third kappa shape index (κ3) is 5.56. The van der Waals surface area contributed by atoms with Gasteiger partial charge in [0.1, 0.15) is 0 Å². The molecule has 2 fully saturated rings. The van der Waals surface area contributed by atoms with Crippen molar-refractivity contribution in [3.8, 4) is 0 Å². The highest BCUT2D eigenvalue weighted by molar-refractivity contribution is 4.55. The maximum absolute atomic E-state index is 5.07. The van der Waals surface area contributed by atoms with E-state index in [0.717, 1.165) is 13.2 Å². The summed E-state index contributed by atoms with van der Waals surface area (Å²) in [5.41, 5.74) is 0. The average Bonchev–Trinajstić information content (AvgIpc) is 2.24. The minimum absolute atomic E-state index is 1.00. The Morgan fingerprint density at radius 3 is 1.42 bits per heavy atom. The molecule has 0 aliphatic carbocycles. The summed E-state index contributed by atoms with van der Waals surface area (Å²) in [4.78, 5) is 0. The molecule has 2 nitrogen and oxygen atoms in total. The first-order valence-corrected chi connectivity index (χ1v) is 5.28. The van der Waals surface area contributed by atoms with Gasteiger partial charge in [-0.1, -0.05) is 6.42 Å². The summed E-state index contributed by atoms with van der Waals surface area (Å²) in [6.45, 7) is 4.50. The van der Waals surface area contributed by atoms with E-state index in [0.29, 0.717) is 0 Å². The molecule has 0 radical (unpaired) electrons. The van der Waals surface area contributed by atoms with Crippen molar-refractivity contribution in [1.82, 2.24) is 5.32 Å². The van der Waals surface area contributed by atoms with Crippen LogP contribution in [-0.2, 0) is 4.74 Å².